The smallest absolute Gasteiger partial charge is 0.164 e. The largest absolute Gasteiger partial charge is 0.388 e. The zero-order chi connectivity index (χ0) is 12.3. The van der Waals surface area contributed by atoms with Crippen molar-refractivity contribution in [3.05, 3.63) is 65.5 Å². The van der Waals surface area contributed by atoms with Crippen molar-refractivity contribution in [1.29, 1.82) is 0 Å². The van der Waals surface area contributed by atoms with Crippen LogP contribution in [0, 0.1) is 11.6 Å². The molecule has 0 radical (unpaired) electrons. The molecule has 1 aromatic heterocycles. The van der Waals surface area contributed by atoms with Crippen LogP contribution in [0.2, 0.25) is 0 Å². The second-order valence-electron chi connectivity index (χ2n) is 3.68. The zero-order valence-electron chi connectivity index (χ0n) is 8.98. The summed E-state index contributed by atoms with van der Waals surface area (Å²) in [4.78, 5) is 4.02. The molecule has 0 aliphatic rings. The molecule has 0 aliphatic heterocycles. The Morgan fingerprint density at radius 3 is 2.65 bits per heavy atom. The van der Waals surface area contributed by atoms with E-state index in [1.807, 2.05) is 0 Å². The summed E-state index contributed by atoms with van der Waals surface area (Å²) < 4.78 is 26.4. The fraction of sp³-hybridized carbons (Fsp3) is 0.154. The molecule has 1 atom stereocenters. The maximum absolute atomic E-state index is 13.4. The molecule has 1 aromatic carbocycles. The van der Waals surface area contributed by atoms with Gasteiger partial charge >= 0.3 is 0 Å². The number of rotatable bonds is 3. The first-order chi connectivity index (χ1) is 8.18. The van der Waals surface area contributed by atoms with E-state index < -0.39 is 17.7 Å². The van der Waals surface area contributed by atoms with E-state index in [2.05, 4.69) is 4.98 Å². The van der Waals surface area contributed by atoms with E-state index in [-0.39, 0.29) is 12.0 Å². The van der Waals surface area contributed by atoms with Crippen molar-refractivity contribution in [2.24, 2.45) is 0 Å². The number of halogens is 2. The lowest BCUT2D eigenvalue weighted by atomic mass is 10.0. The number of benzene rings is 1. The van der Waals surface area contributed by atoms with Crippen LogP contribution >= 0.6 is 0 Å². The first-order valence-electron chi connectivity index (χ1n) is 5.20. The average molecular weight is 235 g/mol. The first kappa shape index (κ1) is 11.7. The third-order valence-electron chi connectivity index (χ3n) is 2.47. The molecule has 2 rings (SSSR count). The Labute approximate surface area is 97.6 Å². The molecule has 2 nitrogen and oxygen atoms in total. The number of aromatic nitrogens is 1. The molecule has 1 unspecified atom stereocenters. The summed E-state index contributed by atoms with van der Waals surface area (Å²) in [6.07, 6.45) is 0.645. The second kappa shape index (κ2) is 5.01. The van der Waals surface area contributed by atoms with Gasteiger partial charge in [0.15, 0.2) is 11.6 Å². The zero-order valence-corrected chi connectivity index (χ0v) is 8.98. The monoisotopic (exact) mass is 235 g/mol. The lowest BCUT2D eigenvalue weighted by Crippen LogP contribution is -2.06. The number of nitrogens with zero attached hydrogens (tertiary/aromatic N) is 1. The number of pyridine rings is 1. The average Bonchev–Trinajstić information content (AvgIpc) is 2.34. The van der Waals surface area contributed by atoms with Crippen LogP contribution in [0.1, 0.15) is 17.4 Å². The summed E-state index contributed by atoms with van der Waals surface area (Å²) >= 11 is 0. The molecule has 0 spiro atoms. The van der Waals surface area contributed by atoms with Crippen LogP contribution in [0.4, 0.5) is 8.78 Å². The lowest BCUT2D eigenvalue weighted by molar-refractivity contribution is 0.171. The van der Waals surface area contributed by atoms with Gasteiger partial charge in [-0.15, -0.1) is 0 Å². The quantitative estimate of drug-likeness (QED) is 0.887. The molecule has 2 aromatic rings. The van der Waals surface area contributed by atoms with Gasteiger partial charge in [-0.2, -0.15) is 0 Å². The molecule has 0 aliphatic carbocycles. The molecule has 1 heterocycles. The van der Waals surface area contributed by atoms with Gasteiger partial charge in [-0.25, -0.2) is 8.78 Å². The molecular weight excluding hydrogens is 224 g/mol. The molecule has 17 heavy (non-hydrogen) atoms. The van der Waals surface area contributed by atoms with Crippen molar-refractivity contribution >= 4 is 0 Å². The van der Waals surface area contributed by atoms with Crippen LogP contribution in [-0.2, 0) is 6.42 Å². The predicted molar refractivity (Wildman–Crippen MR) is 59.3 cm³/mol. The molecule has 0 bridgehead atoms. The lowest BCUT2D eigenvalue weighted by Gasteiger charge is -2.11. The van der Waals surface area contributed by atoms with E-state index in [4.69, 9.17) is 0 Å². The van der Waals surface area contributed by atoms with Crippen molar-refractivity contribution in [2.45, 2.75) is 12.5 Å². The molecular formula is C13H11F2NO. The van der Waals surface area contributed by atoms with E-state index >= 15 is 0 Å². The third-order valence-corrected chi connectivity index (χ3v) is 2.47. The topological polar surface area (TPSA) is 33.1 Å². The van der Waals surface area contributed by atoms with Crippen LogP contribution in [0.5, 0.6) is 0 Å². The molecule has 88 valence electrons. The Bertz CT molecular complexity index is 502. The molecule has 0 amide bonds. The molecule has 0 saturated heterocycles. The van der Waals surface area contributed by atoms with Crippen molar-refractivity contribution in [3.63, 3.8) is 0 Å². The maximum atomic E-state index is 13.4. The van der Waals surface area contributed by atoms with E-state index in [1.165, 1.54) is 12.1 Å². The van der Waals surface area contributed by atoms with Crippen molar-refractivity contribution in [2.75, 3.05) is 0 Å². The van der Waals surface area contributed by atoms with Gasteiger partial charge in [0.2, 0.25) is 0 Å². The van der Waals surface area contributed by atoms with Gasteiger partial charge in [0.1, 0.15) is 0 Å². The Hall–Kier alpha value is -1.81. The Balaban J connectivity index is 2.20. The van der Waals surface area contributed by atoms with Gasteiger partial charge < -0.3 is 5.11 Å². The normalized spacial score (nSPS) is 12.4. The van der Waals surface area contributed by atoms with Gasteiger partial charge in [0.25, 0.3) is 0 Å². The van der Waals surface area contributed by atoms with Gasteiger partial charge in [-0.1, -0.05) is 18.2 Å². The SMILES string of the molecule is OC(Cc1ccccn1)c1cccc(F)c1F. The van der Waals surface area contributed by atoms with Gasteiger partial charge in [-0.05, 0) is 18.2 Å². The van der Waals surface area contributed by atoms with E-state index in [0.29, 0.717) is 5.69 Å². The van der Waals surface area contributed by atoms with Gasteiger partial charge in [0, 0.05) is 23.9 Å². The fourth-order valence-corrected chi connectivity index (χ4v) is 1.60. The summed E-state index contributed by atoms with van der Waals surface area (Å²) in [6.45, 7) is 0. The summed E-state index contributed by atoms with van der Waals surface area (Å²) in [5, 5.41) is 9.83. The van der Waals surface area contributed by atoms with Gasteiger partial charge in [0.05, 0.1) is 6.10 Å². The third kappa shape index (κ3) is 2.65. The number of hydrogen-bond donors (Lipinski definition) is 1. The summed E-state index contributed by atoms with van der Waals surface area (Å²) in [5.74, 6) is -1.96. The van der Waals surface area contributed by atoms with E-state index in [1.54, 1.807) is 24.4 Å². The van der Waals surface area contributed by atoms with Crippen LogP contribution in [0.25, 0.3) is 0 Å². The number of hydrogen-bond acceptors (Lipinski definition) is 2. The highest BCUT2D eigenvalue weighted by Gasteiger charge is 2.16. The first-order valence-corrected chi connectivity index (χ1v) is 5.20. The summed E-state index contributed by atoms with van der Waals surface area (Å²) in [5.41, 5.74) is 0.583. The summed E-state index contributed by atoms with van der Waals surface area (Å²) in [7, 11) is 0. The van der Waals surface area contributed by atoms with Crippen LogP contribution in [0.15, 0.2) is 42.6 Å². The number of aliphatic hydroxyl groups is 1. The predicted octanol–water partition coefficient (Wildman–Crippen LogP) is 2.64. The van der Waals surface area contributed by atoms with Crippen molar-refractivity contribution in [3.8, 4) is 0 Å². The maximum Gasteiger partial charge on any atom is 0.164 e. The molecule has 0 saturated carbocycles. The second-order valence-corrected chi connectivity index (χ2v) is 3.68. The van der Waals surface area contributed by atoms with Crippen molar-refractivity contribution < 1.29 is 13.9 Å². The standard InChI is InChI=1S/C13H11F2NO/c14-11-6-3-5-10(13(11)15)12(17)8-9-4-1-2-7-16-9/h1-7,12,17H,8H2. The minimum absolute atomic E-state index is 0.0457. The minimum atomic E-state index is -1.10. The van der Waals surface area contributed by atoms with Crippen LogP contribution < -0.4 is 0 Å². The Kier molecular flexibility index (Phi) is 3.44. The minimum Gasteiger partial charge on any atom is -0.388 e. The highest BCUT2D eigenvalue weighted by atomic mass is 19.2. The van der Waals surface area contributed by atoms with E-state index in [9.17, 15) is 13.9 Å². The Morgan fingerprint density at radius 1 is 1.12 bits per heavy atom. The van der Waals surface area contributed by atoms with Gasteiger partial charge in [-0.3, -0.25) is 4.98 Å². The molecule has 4 heteroatoms. The highest BCUT2D eigenvalue weighted by molar-refractivity contribution is 5.22. The molecule has 1 N–H and O–H groups in total. The molecule has 0 fully saturated rings. The van der Waals surface area contributed by atoms with E-state index in [0.717, 1.165) is 6.07 Å². The fourth-order valence-electron chi connectivity index (χ4n) is 1.60. The highest BCUT2D eigenvalue weighted by Crippen LogP contribution is 2.21. The van der Waals surface area contributed by atoms with Crippen LogP contribution in [-0.4, -0.2) is 10.1 Å². The van der Waals surface area contributed by atoms with Crippen LogP contribution in [0.3, 0.4) is 0 Å². The Morgan fingerprint density at radius 2 is 1.94 bits per heavy atom. The van der Waals surface area contributed by atoms with Crippen molar-refractivity contribution in [1.82, 2.24) is 4.98 Å². The summed E-state index contributed by atoms with van der Waals surface area (Å²) in [6, 6.07) is 9.00. The number of aliphatic hydroxyl groups excluding tert-OH is 1.